The van der Waals surface area contributed by atoms with Gasteiger partial charge in [-0.25, -0.2) is 0 Å². The molecule has 1 unspecified atom stereocenters. The Bertz CT molecular complexity index is 327. The third-order valence-corrected chi connectivity index (χ3v) is 3.52. The van der Waals surface area contributed by atoms with Gasteiger partial charge in [0.15, 0.2) is 0 Å². The van der Waals surface area contributed by atoms with E-state index in [9.17, 15) is 0 Å². The number of hydrogen-bond acceptors (Lipinski definition) is 2. The number of aryl methyl sites for hydroxylation is 1. The average Bonchev–Trinajstić information content (AvgIpc) is 2.43. The average molecular weight is 179 g/mol. The van der Waals surface area contributed by atoms with Crippen molar-refractivity contribution in [3.05, 3.63) is 18.0 Å². The van der Waals surface area contributed by atoms with Gasteiger partial charge in [-0.1, -0.05) is 13.8 Å². The largest absolute Gasteiger partial charge is 0.330 e. The van der Waals surface area contributed by atoms with Gasteiger partial charge in [0.2, 0.25) is 0 Å². The van der Waals surface area contributed by atoms with Gasteiger partial charge < -0.3 is 5.73 Å². The highest BCUT2D eigenvalue weighted by Crippen LogP contribution is 2.63. The number of hydrogen-bond donors (Lipinski definition) is 1. The number of nitrogens with two attached hydrogens (primary N) is 1. The monoisotopic (exact) mass is 179 g/mol. The standard InChI is InChI=1S/C10H17N3/c1-9(2)6-10(9,7-11)8-4-12-13(3)5-8/h4-5H,6-7,11H2,1-3H3. The van der Waals surface area contributed by atoms with E-state index in [1.54, 1.807) is 0 Å². The van der Waals surface area contributed by atoms with Crippen molar-refractivity contribution in [1.82, 2.24) is 9.78 Å². The lowest BCUT2D eigenvalue weighted by molar-refractivity contribution is 0.502. The van der Waals surface area contributed by atoms with E-state index in [1.807, 2.05) is 17.9 Å². The smallest absolute Gasteiger partial charge is 0.0528 e. The molecule has 13 heavy (non-hydrogen) atoms. The molecule has 1 aliphatic rings. The quantitative estimate of drug-likeness (QED) is 0.737. The molecule has 3 heteroatoms. The van der Waals surface area contributed by atoms with Crippen LogP contribution in [0.3, 0.4) is 0 Å². The molecule has 1 atom stereocenters. The minimum absolute atomic E-state index is 0.196. The fourth-order valence-corrected chi connectivity index (χ4v) is 2.34. The maximum Gasteiger partial charge on any atom is 0.0528 e. The summed E-state index contributed by atoms with van der Waals surface area (Å²) in [5.41, 5.74) is 7.69. The summed E-state index contributed by atoms with van der Waals surface area (Å²) in [6, 6.07) is 0. The second-order valence-electron chi connectivity index (χ2n) is 4.75. The maximum atomic E-state index is 5.85. The van der Waals surface area contributed by atoms with Crippen molar-refractivity contribution in [1.29, 1.82) is 0 Å². The summed E-state index contributed by atoms with van der Waals surface area (Å²) in [6.45, 7) is 5.27. The van der Waals surface area contributed by atoms with Crippen molar-refractivity contribution >= 4 is 0 Å². The predicted molar refractivity (Wildman–Crippen MR) is 52.3 cm³/mol. The van der Waals surface area contributed by atoms with Crippen LogP contribution in [0, 0.1) is 5.41 Å². The van der Waals surface area contributed by atoms with Crippen molar-refractivity contribution in [2.45, 2.75) is 25.7 Å². The van der Waals surface area contributed by atoms with Crippen molar-refractivity contribution < 1.29 is 0 Å². The van der Waals surface area contributed by atoms with E-state index in [0.29, 0.717) is 5.41 Å². The zero-order chi connectivity index (χ0) is 9.69. The Balaban J connectivity index is 2.35. The maximum absolute atomic E-state index is 5.85. The zero-order valence-corrected chi connectivity index (χ0v) is 8.54. The van der Waals surface area contributed by atoms with Gasteiger partial charge in [-0.2, -0.15) is 5.10 Å². The molecular formula is C10H17N3. The van der Waals surface area contributed by atoms with Crippen LogP contribution in [0.1, 0.15) is 25.8 Å². The molecule has 0 radical (unpaired) electrons. The molecule has 1 heterocycles. The summed E-state index contributed by atoms with van der Waals surface area (Å²) >= 11 is 0. The van der Waals surface area contributed by atoms with E-state index in [-0.39, 0.29) is 5.41 Å². The van der Waals surface area contributed by atoms with E-state index in [0.717, 1.165) is 6.54 Å². The van der Waals surface area contributed by atoms with Crippen LogP contribution < -0.4 is 5.73 Å². The van der Waals surface area contributed by atoms with Crippen LogP contribution in [0.5, 0.6) is 0 Å². The van der Waals surface area contributed by atoms with E-state index in [4.69, 9.17) is 5.73 Å². The summed E-state index contributed by atoms with van der Waals surface area (Å²) in [4.78, 5) is 0. The fourth-order valence-electron chi connectivity index (χ4n) is 2.34. The first-order valence-corrected chi connectivity index (χ1v) is 4.71. The third-order valence-electron chi connectivity index (χ3n) is 3.52. The first-order chi connectivity index (χ1) is 6.02. The molecule has 2 N–H and O–H groups in total. The topological polar surface area (TPSA) is 43.8 Å². The van der Waals surface area contributed by atoms with E-state index in [1.165, 1.54) is 12.0 Å². The molecule has 1 aliphatic carbocycles. The van der Waals surface area contributed by atoms with Crippen LogP contribution in [0.4, 0.5) is 0 Å². The normalized spacial score (nSPS) is 30.5. The second kappa shape index (κ2) is 2.35. The number of nitrogens with zero attached hydrogens (tertiary/aromatic N) is 2. The highest BCUT2D eigenvalue weighted by Gasteiger charge is 2.61. The minimum Gasteiger partial charge on any atom is -0.330 e. The van der Waals surface area contributed by atoms with Gasteiger partial charge in [0.1, 0.15) is 0 Å². The van der Waals surface area contributed by atoms with Gasteiger partial charge >= 0.3 is 0 Å². The van der Waals surface area contributed by atoms with Crippen LogP contribution in [-0.2, 0) is 12.5 Å². The lowest BCUT2D eigenvalue weighted by Crippen LogP contribution is -2.24. The molecule has 0 aromatic carbocycles. The molecule has 1 aromatic rings. The molecule has 1 aromatic heterocycles. The van der Waals surface area contributed by atoms with Crippen LogP contribution in [0.15, 0.2) is 12.4 Å². The molecule has 1 saturated carbocycles. The summed E-state index contributed by atoms with van der Waals surface area (Å²) in [6.07, 6.45) is 5.21. The van der Waals surface area contributed by atoms with Gasteiger partial charge in [-0.05, 0) is 17.4 Å². The van der Waals surface area contributed by atoms with Gasteiger partial charge in [0.05, 0.1) is 6.20 Å². The lowest BCUT2D eigenvalue weighted by Gasteiger charge is -2.15. The van der Waals surface area contributed by atoms with Crippen LogP contribution in [0.2, 0.25) is 0 Å². The Morgan fingerprint density at radius 1 is 1.62 bits per heavy atom. The highest BCUT2D eigenvalue weighted by atomic mass is 15.2. The van der Waals surface area contributed by atoms with Gasteiger partial charge in [-0.15, -0.1) is 0 Å². The number of aromatic nitrogens is 2. The van der Waals surface area contributed by atoms with Gasteiger partial charge in [0.25, 0.3) is 0 Å². The summed E-state index contributed by atoms with van der Waals surface area (Å²) in [5.74, 6) is 0. The SMILES string of the molecule is Cn1cc(C2(CN)CC2(C)C)cn1. The van der Waals surface area contributed by atoms with Crippen LogP contribution in [0.25, 0.3) is 0 Å². The summed E-state index contributed by atoms with van der Waals surface area (Å²) in [7, 11) is 1.95. The summed E-state index contributed by atoms with van der Waals surface area (Å²) < 4.78 is 1.85. The molecule has 3 nitrogen and oxygen atoms in total. The van der Waals surface area contributed by atoms with Crippen molar-refractivity contribution in [3.8, 4) is 0 Å². The molecule has 0 amide bonds. The Morgan fingerprint density at radius 3 is 2.54 bits per heavy atom. The molecular weight excluding hydrogens is 162 g/mol. The first-order valence-electron chi connectivity index (χ1n) is 4.71. The van der Waals surface area contributed by atoms with Crippen molar-refractivity contribution in [3.63, 3.8) is 0 Å². The third kappa shape index (κ3) is 1.03. The Kier molecular flexibility index (Phi) is 1.58. The molecule has 0 saturated heterocycles. The molecule has 0 bridgehead atoms. The minimum atomic E-state index is 0.196. The molecule has 0 spiro atoms. The molecule has 72 valence electrons. The zero-order valence-electron chi connectivity index (χ0n) is 8.54. The van der Waals surface area contributed by atoms with E-state index in [2.05, 4.69) is 25.1 Å². The van der Waals surface area contributed by atoms with E-state index < -0.39 is 0 Å². The Hall–Kier alpha value is -0.830. The number of rotatable bonds is 2. The van der Waals surface area contributed by atoms with Gasteiger partial charge in [0, 0.05) is 25.2 Å². The van der Waals surface area contributed by atoms with Crippen molar-refractivity contribution in [2.75, 3.05) is 6.54 Å². The van der Waals surface area contributed by atoms with Crippen molar-refractivity contribution in [2.24, 2.45) is 18.2 Å². The fraction of sp³-hybridized carbons (Fsp3) is 0.700. The van der Waals surface area contributed by atoms with Gasteiger partial charge in [-0.3, -0.25) is 4.68 Å². The second-order valence-corrected chi connectivity index (χ2v) is 4.75. The van der Waals surface area contributed by atoms with Crippen LogP contribution >= 0.6 is 0 Å². The Morgan fingerprint density at radius 2 is 2.23 bits per heavy atom. The highest BCUT2D eigenvalue weighted by molar-refractivity contribution is 5.34. The van der Waals surface area contributed by atoms with Crippen LogP contribution in [-0.4, -0.2) is 16.3 Å². The Labute approximate surface area is 78.9 Å². The molecule has 2 rings (SSSR count). The molecule has 1 fully saturated rings. The first kappa shape index (κ1) is 8.75. The molecule has 0 aliphatic heterocycles. The predicted octanol–water partition coefficient (Wildman–Crippen LogP) is 1.05. The lowest BCUT2D eigenvalue weighted by atomic mass is 9.90. The van der Waals surface area contributed by atoms with E-state index >= 15 is 0 Å². The summed E-state index contributed by atoms with van der Waals surface area (Å²) in [5, 5.41) is 4.20.